The van der Waals surface area contributed by atoms with E-state index in [9.17, 15) is 9.59 Å². The van der Waals surface area contributed by atoms with Gasteiger partial charge in [0.05, 0.1) is 0 Å². The van der Waals surface area contributed by atoms with E-state index in [1.54, 1.807) is 0 Å². The smallest absolute Gasteiger partial charge is 0.254 e. The Balaban J connectivity index is 1.36. The quantitative estimate of drug-likeness (QED) is 0.576. The molecule has 2 aromatic rings. The van der Waals surface area contributed by atoms with Crippen molar-refractivity contribution < 1.29 is 14.3 Å². The Morgan fingerprint density at radius 3 is 2.29 bits per heavy atom. The molecular formula is C29H39N3O3. The predicted molar refractivity (Wildman–Crippen MR) is 138 cm³/mol. The molecule has 6 heteroatoms. The number of rotatable bonds is 8. The van der Waals surface area contributed by atoms with Gasteiger partial charge < -0.3 is 14.5 Å². The van der Waals surface area contributed by atoms with Crippen molar-refractivity contribution in [2.24, 2.45) is 0 Å². The van der Waals surface area contributed by atoms with E-state index >= 15 is 0 Å². The molecule has 0 N–H and O–H groups in total. The summed E-state index contributed by atoms with van der Waals surface area (Å²) in [6.07, 6.45) is 2.94. The molecule has 2 fully saturated rings. The van der Waals surface area contributed by atoms with Crippen LogP contribution in [0.4, 0.5) is 0 Å². The Labute approximate surface area is 209 Å². The summed E-state index contributed by atoms with van der Waals surface area (Å²) in [5.74, 6) is 0.227. The summed E-state index contributed by atoms with van der Waals surface area (Å²) in [5, 5.41) is 0. The highest BCUT2D eigenvalue weighted by Gasteiger charge is 2.36. The largest absolute Gasteiger partial charge is 0.372 e. The Morgan fingerprint density at radius 1 is 0.943 bits per heavy atom. The first-order chi connectivity index (χ1) is 17.0. The molecule has 2 amide bonds. The molecule has 0 aromatic heterocycles. The van der Waals surface area contributed by atoms with E-state index in [4.69, 9.17) is 4.74 Å². The van der Waals surface area contributed by atoms with E-state index < -0.39 is 0 Å². The van der Waals surface area contributed by atoms with Crippen molar-refractivity contribution in [3.05, 3.63) is 70.8 Å². The summed E-state index contributed by atoms with van der Waals surface area (Å²) in [6.45, 7) is 10.7. The molecule has 2 aromatic carbocycles. The third-order valence-corrected chi connectivity index (χ3v) is 7.54. The Bertz CT molecular complexity index is 981. The van der Waals surface area contributed by atoms with Crippen LogP contribution >= 0.6 is 0 Å². The number of piperidine rings is 1. The van der Waals surface area contributed by atoms with Crippen LogP contribution in [0.15, 0.2) is 48.5 Å². The Morgan fingerprint density at radius 2 is 1.63 bits per heavy atom. The fourth-order valence-electron chi connectivity index (χ4n) is 5.57. The maximum Gasteiger partial charge on any atom is 0.254 e. The topological polar surface area (TPSA) is 53.1 Å². The predicted octanol–water partition coefficient (Wildman–Crippen LogP) is 4.05. The third-order valence-electron chi connectivity index (χ3n) is 7.54. The van der Waals surface area contributed by atoms with Crippen LogP contribution in [-0.4, -0.2) is 78.0 Å². The maximum atomic E-state index is 13.2. The molecule has 0 saturated carbocycles. The van der Waals surface area contributed by atoms with E-state index in [0.29, 0.717) is 19.2 Å². The van der Waals surface area contributed by atoms with Gasteiger partial charge in [-0.15, -0.1) is 0 Å². The van der Waals surface area contributed by atoms with Gasteiger partial charge in [-0.3, -0.25) is 14.5 Å². The van der Waals surface area contributed by atoms with Crippen LogP contribution in [-0.2, 0) is 16.1 Å². The lowest BCUT2D eigenvalue weighted by atomic mass is 9.98. The van der Waals surface area contributed by atoms with Gasteiger partial charge in [-0.2, -0.15) is 0 Å². The van der Waals surface area contributed by atoms with Crippen LogP contribution in [0.5, 0.6) is 0 Å². The summed E-state index contributed by atoms with van der Waals surface area (Å²) < 4.78 is 5.46. The molecule has 6 nitrogen and oxygen atoms in total. The van der Waals surface area contributed by atoms with Crippen LogP contribution in [0.1, 0.15) is 53.2 Å². The van der Waals surface area contributed by atoms with E-state index in [-0.39, 0.29) is 24.5 Å². The first-order valence-corrected chi connectivity index (χ1v) is 13.0. The number of nitrogens with zero attached hydrogens (tertiary/aromatic N) is 3. The minimum Gasteiger partial charge on any atom is -0.372 e. The second-order valence-electron chi connectivity index (χ2n) is 9.87. The zero-order chi connectivity index (χ0) is 24.8. The lowest BCUT2D eigenvalue weighted by molar-refractivity contribution is -0.139. The van der Waals surface area contributed by atoms with Gasteiger partial charge in [0, 0.05) is 57.0 Å². The molecule has 0 radical (unpaired) electrons. The van der Waals surface area contributed by atoms with Crippen LogP contribution in [0, 0.1) is 13.8 Å². The zero-order valence-electron chi connectivity index (χ0n) is 21.4. The molecule has 188 valence electrons. The van der Waals surface area contributed by atoms with Crippen molar-refractivity contribution in [1.82, 2.24) is 14.7 Å². The zero-order valence-corrected chi connectivity index (χ0v) is 21.4. The van der Waals surface area contributed by atoms with Crippen molar-refractivity contribution in [3.63, 3.8) is 0 Å². The van der Waals surface area contributed by atoms with Gasteiger partial charge in [-0.05, 0) is 56.7 Å². The van der Waals surface area contributed by atoms with Crippen molar-refractivity contribution >= 4 is 11.8 Å². The second-order valence-corrected chi connectivity index (χ2v) is 9.87. The summed E-state index contributed by atoms with van der Waals surface area (Å²) in [6, 6.07) is 16.9. The maximum absolute atomic E-state index is 13.2. The van der Waals surface area contributed by atoms with Gasteiger partial charge in [0.2, 0.25) is 5.91 Å². The Hall–Kier alpha value is -2.70. The van der Waals surface area contributed by atoms with Crippen LogP contribution in [0.2, 0.25) is 0 Å². The van der Waals surface area contributed by atoms with E-state index in [1.165, 1.54) is 0 Å². The minimum atomic E-state index is 0.0663. The van der Waals surface area contributed by atoms with Gasteiger partial charge in [0.1, 0.15) is 6.61 Å². The average Bonchev–Trinajstić information content (AvgIpc) is 3.36. The van der Waals surface area contributed by atoms with Crippen LogP contribution in [0.3, 0.4) is 0 Å². The summed E-state index contributed by atoms with van der Waals surface area (Å²) in [7, 11) is 0. The summed E-state index contributed by atoms with van der Waals surface area (Å²) in [5.41, 5.74) is 4.11. The lowest BCUT2D eigenvalue weighted by Crippen LogP contribution is -2.48. The fraction of sp³-hybridized carbons (Fsp3) is 0.517. The van der Waals surface area contributed by atoms with Crippen LogP contribution < -0.4 is 0 Å². The molecular weight excluding hydrogens is 438 g/mol. The highest BCUT2D eigenvalue weighted by Crippen LogP contribution is 2.26. The SMILES string of the molecule is CCOCC(=O)N(Cc1ccccc1)[C@@H]1CCN(C2CCN(C(=O)c3c(C)cccc3C)CC2)C1. The number of benzene rings is 2. The minimum absolute atomic E-state index is 0.0663. The monoisotopic (exact) mass is 477 g/mol. The second kappa shape index (κ2) is 11.8. The number of hydrogen-bond donors (Lipinski definition) is 0. The number of aryl methyl sites for hydroxylation is 2. The van der Waals surface area contributed by atoms with Gasteiger partial charge in [-0.25, -0.2) is 0 Å². The molecule has 2 aliphatic rings. The highest BCUT2D eigenvalue weighted by atomic mass is 16.5. The number of ether oxygens (including phenoxy) is 1. The van der Waals surface area contributed by atoms with Crippen molar-refractivity contribution in [2.75, 3.05) is 39.4 Å². The molecule has 0 aliphatic carbocycles. The van der Waals surface area contributed by atoms with E-state index in [1.807, 2.05) is 67.0 Å². The fourth-order valence-corrected chi connectivity index (χ4v) is 5.57. The van der Waals surface area contributed by atoms with Crippen molar-refractivity contribution in [1.29, 1.82) is 0 Å². The van der Waals surface area contributed by atoms with Gasteiger partial charge in [-0.1, -0.05) is 48.5 Å². The van der Waals surface area contributed by atoms with Gasteiger partial charge >= 0.3 is 0 Å². The molecule has 0 unspecified atom stereocenters. The standard InChI is InChI=1S/C29H39N3O3/c1-4-35-21-27(33)32(19-24-11-6-5-7-12-24)26-15-18-31(20-26)25-13-16-30(17-14-25)29(34)28-22(2)9-8-10-23(28)3/h5-12,25-26H,4,13-21H2,1-3H3/t26-/m1/s1. The van der Waals surface area contributed by atoms with Crippen molar-refractivity contribution in [2.45, 2.75) is 58.7 Å². The summed E-state index contributed by atoms with van der Waals surface area (Å²) >= 11 is 0. The molecule has 0 spiro atoms. The lowest BCUT2D eigenvalue weighted by Gasteiger charge is -2.37. The highest BCUT2D eigenvalue weighted by molar-refractivity contribution is 5.97. The summed E-state index contributed by atoms with van der Waals surface area (Å²) in [4.78, 5) is 32.8. The molecule has 2 saturated heterocycles. The normalized spacial score (nSPS) is 19.2. The third kappa shape index (κ3) is 6.11. The van der Waals surface area contributed by atoms with Gasteiger partial charge in [0.25, 0.3) is 5.91 Å². The molecule has 35 heavy (non-hydrogen) atoms. The molecule has 1 atom stereocenters. The molecule has 2 aliphatic heterocycles. The number of amides is 2. The first kappa shape index (κ1) is 25.4. The van der Waals surface area contributed by atoms with Crippen molar-refractivity contribution in [3.8, 4) is 0 Å². The average molecular weight is 478 g/mol. The molecule has 4 rings (SSSR count). The number of likely N-dealkylation sites (tertiary alicyclic amines) is 2. The molecule has 2 heterocycles. The van der Waals surface area contributed by atoms with E-state index in [2.05, 4.69) is 17.0 Å². The molecule has 0 bridgehead atoms. The number of carbonyl (C=O) groups is 2. The first-order valence-electron chi connectivity index (χ1n) is 13.0. The van der Waals surface area contributed by atoms with Gasteiger partial charge in [0.15, 0.2) is 0 Å². The van der Waals surface area contributed by atoms with Crippen LogP contribution in [0.25, 0.3) is 0 Å². The number of carbonyl (C=O) groups excluding carboxylic acids is 2. The number of hydrogen-bond acceptors (Lipinski definition) is 4. The Kier molecular flexibility index (Phi) is 8.58. The van der Waals surface area contributed by atoms with E-state index in [0.717, 1.165) is 67.7 Å².